The van der Waals surface area contributed by atoms with Gasteiger partial charge in [0.2, 0.25) is 5.91 Å². The average molecular weight is 632 g/mol. The Morgan fingerprint density at radius 3 is 2.22 bits per heavy atom. The summed E-state index contributed by atoms with van der Waals surface area (Å²) in [5, 5.41) is 6.40. The van der Waals surface area contributed by atoms with E-state index >= 15 is 0 Å². The van der Waals surface area contributed by atoms with Crippen molar-refractivity contribution in [2.45, 2.75) is 34.0 Å². The molecule has 32 heavy (non-hydrogen) atoms. The van der Waals surface area contributed by atoms with Gasteiger partial charge in [0.15, 0.2) is 0 Å². The van der Waals surface area contributed by atoms with Gasteiger partial charge < -0.3 is 10.6 Å². The number of rotatable bonds is 5. The molecule has 2 N–H and O–H groups in total. The first-order valence-corrected chi connectivity index (χ1v) is 12.2. The maximum Gasteiger partial charge on any atom is 0.253 e. The largest absolute Gasteiger partial charge is 0.349 e. The Hall–Kier alpha value is -0.930. The highest BCUT2D eigenvalue weighted by Gasteiger charge is 2.66. The van der Waals surface area contributed by atoms with Gasteiger partial charge in [-0.15, -0.1) is 0 Å². The van der Waals surface area contributed by atoms with Crippen molar-refractivity contribution in [2.24, 2.45) is 5.92 Å². The second-order valence-corrected chi connectivity index (χ2v) is 12.9. The van der Waals surface area contributed by atoms with Crippen LogP contribution >= 0.6 is 66.7 Å². The van der Waals surface area contributed by atoms with Gasteiger partial charge in [0, 0.05) is 40.5 Å². The van der Waals surface area contributed by atoms with Crippen LogP contribution in [0.2, 0.25) is 15.1 Å². The lowest BCUT2D eigenvalue weighted by Crippen LogP contribution is -2.50. The smallest absolute Gasteiger partial charge is 0.253 e. The van der Waals surface area contributed by atoms with Gasteiger partial charge >= 0.3 is 0 Å². The fourth-order valence-electron chi connectivity index (χ4n) is 3.85. The number of carbonyl (C=O) groups is 2. The Bertz CT molecular complexity index is 1090. The molecule has 11 heteroatoms. The third-order valence-electron chi connectivity index (χ3n) is 5.48. The molecular weight excluding hydrogens is 616 g/mol. The molecular formula is C21H15Br2Cl3F2N2O2. The predicted molar refractivity (Wildman–Crippen MR) is 129 cm³/mol. The third-order valence-corrected chi connectivity index (χ3v) is 8.22. The topological polar surface area (TPSA) is 58.2 Å². The summed E-state index contributed by atoms with van der Waals surface area (Å²) in [6, 6.07) is 8.95. The molecule has 2 atom stereocenters. The molecule has 0 saturated heterocycles. The van der Waals surface area contributed by atoms with E-state index in [4.69, 9.17) is 34.8 Å². The molecule has 2 aliphatic carbocycles. The van der Waals surface area contributed by atoms with E-state index in [-0.39, 0.29) is 22.4 Å². The molecule has 0 aliphatic heterocycles. The summed E-state index contributed by atoms with van der Waals surface area (Å²) >= 11 is 25.4. The number of benzene rings is 2. The summed E-state index contributed by atoms with van der Waals surface area (Å²) in [5.41, 5.74) is 1.25. The first kappa shape index (κ1) is 24.2. The Balaban J connectivity index is 1.46. The molecule has 0 unspecified atom stereocenters. The van der Waals surface area contributed by atoms with Crippen LogP contribution in [-0.4, -0.2) is 27.0 Å². The van der Waals surface area contributed by atoms with Gasteiger partial charge in [-0.25, -0.2) is 8.78 Å². The zero-order chi connectivity index (χ0) is 23.4. The molecule has 2 fully saturated rings. The van der Waals surface area contributed by atoms with E-state index in [0.717, 1.165) is 5.56 Å². The normalized spacial score (nSPS) is 23.2. The third kappa shape index (κ3) is 4.94. The second-order valence-electron chi connectivity index (χ2n) is 7.95. The maximum atomic E-state index is 13.0. The number of halogens is 7. The van der Waals surface area contributed by atoms with Crippen LogP contribution in [0.1, 0.15) is 34.7 Å². The Morgan fingerprint density at radius 2 is 1.62 bits per heavy atom. The molecule has 4 nitrogen and oxygen atoms in total. The molecule has 170 valence electrons. The number of hydrogen-bond donors (Lipinski definition) is 2. The number of nitrogens with one attached hydrogen (secondary N) is 2. The highest BCUT2D eigenvalue weighted by atomic mass is 79.9. The molecule has 0 aromatic heterocycles. The van der Waals surface area contributed by atoms with Crippen LogP contribution in [0.15, 0.2) is 36.4 Å². The lowest BCUT2D eigenvalue weighted by Gasteiger charge is -2.35. The standard InChI is InChI=1S/C21H15Br2Cl3F2N2O2/c22-21(23)16(9-3-10(24)5-11(25)4-9)17(21)19(32)29-12-1-2-15(26)14(6-12)18(31)30-13-7-20(27,28)8-13/h1-6,13,16-17H,7-8H2,(H,29,32)(H,30,31)/t16-,17+/m0/s1. The molecule has 0 heterocycles. The van der Waals surface area contributed by atoms with Crippen molar-refractivity contribution in [2.75, 3.05) is 5.32 Å². The molecule has 2 aliphatic rings. The Kier molecular flexibility index (Phi) is 6.57. The maximum absolute atomic E-state index is 13.0. The molecule has 0 spiro atoms. The molecule has 2 aromatic carbocycles. The van der Waals surface area contributed by atoms with E-state index in [1.54, 1.807) is 24.3 Å². The van der Waals surface area contributed by atoms with Crippen LogP contribution in [0.4, 0.5) is 14.5 Å². The minimum atomic E-state index is -2.75. The molecule has 4 rings (SSSR count). The second kappa shape index (κ2) is 8.69. The van der Waals surface area contributed by atoms with Crippen LogP contribution < -0.4 is 10.6 Å². The molecule has 2 aromatic rings. The van der Waals surface area contributed by atoms with Crippen molar-refractivity contribution in [3.63, 3.8) is 0 Å². The van der Waals surface area contributed by atoms with Gasteiger partial charge in [0.25, 0.3) is 11.8 Å². The van der Waals surface area contributed by atoms with Crippen LogP contribution in [0.25, 0.3) is 0 Å². The molecule has 0 bridgehead atoms. The Labute approximate surface area is 214 Å². The van der Waals surface area contributed by atoms with E-state index in [9.17, 15) is 18.4 Å². The molecule has 0 radical (unpaired) electrons. The van der Waals surface area contributed by atoms with Crippen LogP contribution in [0.5, 0.6) is 0 Å². The van der Waals surface area contributed by atoms with Gasteiger partial charge in [-0.3, -0.25) is 9.59 Å². The summed E-state index contributed by atoms with van der Waals surface area (Å²) in [6.07, 6.45) is -0.802. The number of carbonyl (C=O) groups excluding carboxylic acids is 2. The number of anilines is 1. The molecule has 2 amide bonds. The predicted octanol–water partition coefficient (Wildman–Crippen LogP) is 7.01. The monoisotopic (exact) mass is 628 g/mol. The number of alkyl halides is 4. The Morgan fingerprint density at radius 1 is 1.00 bits per heavy atom. The fourth-order valence-corrected chi connectivity index (χ4v) is 6.33. The van der Waals surface area contributed by atoms with Gasteiger partial charge in [0.1, 0.15) is 3.23 Å². The zero-order valence-corrected chi connectivity index (χ0v) is 21.5. The van der Waals surface area contributed by atoms with Crippen LogP contribution in [-0.2, 0) is 4.79 Å². The van der Waals surface area contributed by atoms with Crippen molar-refractivity contribution >= 4 is 84.2 Å². The number of amides is 2. The summed E-state index contributed by atoms with van der Waals surface area (Å²) in [7, 11) is 0. The highest BCUT2D eigenvalue weighted by Crippen LogP contribution is 2.67. The van der Waals surface area contributed by atoms with E-state index in [2.05, 4.69) is 42.5 Å². The van der Waals surface area contributed by atoms with E-state index in [1.807, 2.05) is 0 Å². The fraction of sp³-hybridized carbons (Fsp3) is 0.333. The van der Waals surface area contributed by atoms with Crippen LogP contribution in [0, 0.1) is 5.92 Å². The first-order chi connectivity index (χ1) is 14.9. The van der Waals surface area contributed by atoms with Gasteiger partial charge in [-0.05, 0) is 42.0 Å². The highest BCUT2D eigenvalue weighted by molar-refractivity contribution is 9.25. The summed E-state index contributed by atoms with van der Waals surface area (Å²) in [6.45, 7) is 0. The summed E-state index contributed by atoms with van der Waals surface area (Å²) < 4.78 is 25.4. The lowest BCUT2D eigenvalue weighted by atomic mass is 9.88. The van der Waals surface area contributed by atoms with E-state index in [0.29, 0.717) is 15.7 Å². The summed E-state index contributed by atoms with van der Waals surface area (Å²) in [4.78, 5) is 25.4. The van der Waals surface area contributed by atoms with Gasteiger partial charge in [-0.2, -0.15) is 0 Å². The molecule has 2 saturated carbocycles. The van der Waals surface area contributed by atoms with Crippen molar-refractivity contribution in [1.29, 1.82) is 0 Å². The summed E-state index contributed by atoms with van der Waals surface area (Å²) in [5.74, 6) is -4.33. The SMILES string of the molecule is O=C(NC1CC(F)(F)C1)c1cc(NC(=O)[C@H]2[C@H](c3cc(Cl)cc(Cl)c3)C2(Br)Br)ccc1Cl. The lowest BCUT2D eigenvalue weighted by molar-refractivity contribution is -0.117. The first-order valence-electron chi connectivity index (χ1n) is 9.50. The minimum Gasteiger partial charge on any atom is -0.349 e. The number of hydrogen-bond acceptors (Lipinski definition) is 2. The van der Waals surface area contributed by atoms with Crippen molar-refractivity contribution in [3.8, 4) is 0 Å². The minimum absolute atomic E-state index is 0.0950. The quantitative estimate of drug-likeness (QED) is 0.349. The van der Waals surface area contributed by atoms with Crippen molar-refractivity contribution in [3.05, 3.63) is 62.6 Å². The van der Waals surface area contributed by atoms with Gasteiger partial charge in [-0.1, -0.05) is 66.7 Å². The van der Waals surface area contributed by atoms with Crippen molar-refractivity contribution < 1.29 is 18.4 Å². The van der Waals surface area contributed by atoms with Gasteiger partial charge in [0.05, 0.1) is 16.5 Å². The van der Waals surface area contributed by atoms with Crippen molar-refractivity contribution in [1.82, 2.24) is 5.32 Å². The van der Waals surface area contributed by atoms with Crippen LogP contribution in [0.3, 0.4) is 0 Å². The van der Waals surface area contributed by atoms with E-state index < -0.39 is 39.9 Å². The zero-order valence-electron chi connectivity index (χ0n) is 16.1. The van der Waals surface area contributed by atoms with E-state index in [1.165, 1.54) is 12.1 Å². The average Bonchev–Trinajstić information content (AvgIpc) is 3.23.